The van der Waals surface area contributed by atoms with E-state index in [9.17, 15) is 18.3 Å². The SMILES string of the molecule is N#Cc1ccc(-n2cc(I)c3c2CCC(F)(F)C3O)c(F)c1. The summed E-state index contributed by atoms with van der Waals surface area (Å²) in [6.07, 6.45) is -0.799. The van der Waals surface area contributed by atoms with Crippen LogP contribution in [0.2, 0.25) is 0 Å². The molecule has 114 valence electrons. The maximum Gasteiger partial charge on any atom is 0.278 e. The van der Waals surface area contributed by atoms with Crippen LogP contribution in [-0.2, 0) is 6.42 Å². The quantitative estimate of drug-likeness (QED) is 0.719. The number of alkyl halides is 2. The van der Waals surface area contributed by atoms with Gasteiger partial charge in [-0.05, 0) is 47.2 Å². The highest BCUT2D eigenvalue weighted by atomic mass is 127. The van der Waals surface area contributed by atoms with Crippen LogP contribution in [0.1, 0.15) is 29.3 Å². The summed E-state index contributed by atoms with van der Waals surface area (Å²) in [5, 5.41) is 18.6. The second kappa shape index (κ2) is 5.28. The van der Waals surface area contributed by atoms with Crippen molar-refractivity contribution in [2.75, 3.05) is 0 Å². The van der Waals surface area contributed by atoms with Crippen molar-refractivity contribution in [3.05, 3.63) is 50.6 Å². The topological polar surface area (TPSA) is 49.0 Å². The molecule has 3 rings (SSSR count). The number of aliphatic hydroxyl groups excluding tert-OH is 1. The zero-order chi connectivity index (χ0) is 16.1. The van der Waals surface area contributed by atoms with Crippen molar-refractivity contribution in [2.24, 2.45) is 0 Å². The Balaban J connectivity index is 2.16. The third-order valence-corrected chi connectivity index (χ3v) is 4.67. The van der Waals surface area contributed by atoms with Crippen molar-refractivity contribution < 1.29 is 18.3 Å². The fourth-order valence-corrected chi connectivity index (χ4v) is 3.58. The van der Waals surface area contributed by atoms with Gasteiger partial charge in [-0.2, -0.15) is 5.26 Å². The van der Waals surface area contributed by atoms with Crippen LogP contribution in [0.25, 0.3) is 5.69 Å². The first-order valence-corrected chi connectivity index (χ1v) is 7.58. The molecule has 1 atom stereocenters. The first-order chi connectivity index (χ1) is 10.3. The van der Waals surface area contributed by atoms with E-state index in [0.717, 1.165) is 6.07 Å². The first kappa shape index (κ1) is 15.4. The Morgan fingerprint density at radius 2 is 2.14 bits per heavy atom. The van der Waals surface area contributed by atoms with Crippen LogP contribution in [0.5, 0.6) is 0 Å². The molecule has 1 aromatic heterocycles. The van der Waals surface area contributed by atoms with Gasteiger partial charge in [0.05, 0.1) is 17.3 Å². The van der Waals surface area contributed by atoms with Crippen LogP contribution in [0, 0.1) is 20.7 Å². The lowest BCUT2D eigenvalue weighted by molar-refractivity contribution is -0.122. The van der Waals surface area contributed by atoms with Crippen LogP contribution in [0.3, 0.4) is 0 Å². The van der Waals surface area contributed by atoms with E-state index >= 15 is 0 Å². The molecule has 2 aromatic rings. The maximum atomic E-state index is 14.2. The number of hydrogen-bond donors (Lipinski definition) is 1. The predicted octanol–water partition coefficient (Wildman–Crippen LogP) is 3.71. The van der Waals surface area contributed by atoms with Crippen LogP contribution in [0.4, 0.5) is 13.2 Å². The zero-order valence-electron chi connectivity index (χ0n) is 11.2. The first-order valence-electron chi connectivity index (χ1n) is 6.50. The monoisotopic (exact) mass is 418 g/mol. The Labute approximate surface area is 138 Å². The minimum atomic E-state index is -3.18. The van der Waals surface area contributed by atoms with Gasteiger partial charge in [0.15, 0.2) is 0 Å². The summed E-state index contributed by atoms with van der Waals surface area (Å²) in [6, 6.07) is 5.84. The zero-order valence-corrected chi connectivity index (χ0v) is 13.3. The van der Waals surface area contributed by atoms with Crippen molar-refractivity contribution in [3.8, 4) is 11.8 Å². The number of hydrogen-bond acceptors (Lipinski definition) is 2. The Morgan fingerprint density at radius 3 is 2.77 bits per heavy atom. The molecule has 0 spiro atoms. The molecule has 0 saturated heterocycles. The second-order valence-electron chi connectivity index (χ2n) is 5.15. The molecule has 1 heterocycles. The minimum Gasteiger partial charge on any atom is -0.382 e. The number of fused-ring (bicyclic) bond motifs is 1. The average Bonchev–Trinajstić information content (AvgIpc) is 2.80. The highest BCUT2D eigenvalue weighted by Gasteiger charge is 2.46. The summed E-state index contributed by atoms with van der Waals surface area (Å²) in [5.41, 5.74) is 0.992. The highest BCUT2D eigenvalue weighted by Crippen LogP contribution is 2.44. The largest absolute Gasteiger partial charge is 0.382 e. The Bertz CT molecular complexity index is 795. The van der Waals surface area contributed by atoms with Gasteiger partial charge in [-0.1, -0.05) is 0 Å². The van der Waals surface area contributed by atoms with Gasteiger partial charge in [0.25, 0.3) is 5.92 Å². The molecule has 7 heteroatoms. The number of rotatable bonds is 1. The fraction of sp³-hybridized carbons (Fsp3) is 0.267. The molecular formula is C15H10F3IN2O. The third-order valence-electron chi connectivity index (χ3n) is 3.81. The smallest absolute Gasteiger partial charge is 0.278 e. The number of benzene rings is 1. The van der Waals surface area contributed by atoms with Gasteiger partial charge in [0, 0.05) is 27.4 Å². The molecule has 0 fully saturated rings. The summed E-state index contributed by atoms with van der Waals surface area (Å²) >= 11 is 1.86. The molecule has 1 aliphatic rings. The average molecular weight is 418 g/mol. The van der Waals surface area contributed by atoms with Crippen LogP contribution in [-0.4, -0.2) is 15.6 Å². The molecule has 0 aliphatic heterocycles. The van der Waals surface area contributed by atoms with Gasteiger partial charge >= 0.3 is 0 Å². The standard InChI is InChI=1S/C15H10F3IN2O/c16-9-5-8(6-20)1-2-11(9)21-7-10(19)13-12(21)3-4-15(17,18)14(13)22/h1-2,5,7,14,22H,3-4H2. The third kappa shape index (κ3) is 2.30. The molecule has 1 aromatic carbocycles. The number of aromatic nitrogens is 1. The van der Waals surface area contributed by atoms with Gasteiger partial charge in [-0.15, -0.1) is 0 Å². The second-order valence-corrected chi connectivity index (χ2v) is 6.31. The number of aliphatic hydroxyl groups is 1. The fourth-order valence-electron chi connectivity index (χ4n) is 2.69. The van der Waals surface area contributed by atoms with E-state index in [2.05, 4.69) is 0 Å². The molecule has 0 saturated carbocycles. The van der Waals surface area contributed by atoms with E-state index in [1.54, 1.807) is 0 Å². The lowest BCUT2D eigenvalue weighted by Gasteiger charge is -2.29. The Morgan fingerprint density at radius 1 is 1.41 bits per heavy atom. The summed E-state index contributed by atoms with van der Waals surface area (Å²) in [4.78, 5) is 0. The van der Waals surface area contributed by atoms with Gasteiger partial charge < -0.3 is 9.67 Å². The van der Waals surface area contributed by atoms with Crippen molar-refractivity contribution in [1.29, 1.82) is 5.26 Å². The molecule has 1 N–H and O–H groups in total. The normalized spacial score (nSPS) is 19.5. The van der Waals surface area contributed by atoms with Crippen molar-refractivity contribution in [2.45, 2.75) is 24.9 Å². The summed E-state index contributed by atoms with van der Waals surface area (Å²) in [5.74, 6) is -3.79. The maximum absolute atomic E-state index is 14.2. The molecule has 0 amide bonds. The molecule has 0 radical (unpaired) electrons. The van der Waals surface area contributed by atoms with Gasteiger partial charge in [0.1, 0.15) is 11.9 Å². The van der Waals surface area contributed by atoms with Crippen molar-refractivity contribution in [3.63, 3.8) is 0 Å². The minimum absolute atomic E-state index is 0.0435. The molecule has 0 bridgehead atoms. The van der Waals surface area contributed by atoms with E-state index < -0.39 is 24.3 Å². The number of nitrogens with zero attached hydrogens (tertiary/aromatic N) is 2. The predicted molar refractivity (Wildman–Crippen MR) is 81.4 cm³/mol. The van der Waals surface area contributed by atoms with E-state index in [-0.39, 0.29) is 23.2 Å². The van der Waals surface area contributed by atoms with E-state index in [0.29, 0.717) is 9.26 Å². The number of nitriles is 1. The van der Waals surface area contributed by atoms with E-state index in [1.165, 1.54) is 22.9 Å². The summed E-state index contributed by atoms with van der Waals surface area (Å²) < 4.78 is 43.5. The molecule has 22 heavy (non-hydrogen) atoms. The summed E-state index contributed by atoms with van der Waals surface area (Å²) in [6.45, 7) is 0. The van der Waals surface area contributed by atoms with Crippen molar-refractivity contribution >= 4 is 22.6 Å². The summed E-state index contributed by atoms with van der Waals surface area (Å²) in [7, 11) is 0. The van der Waals surface area contributed by atoms with Crippen molar-refractivity contribution in [1.82, 2.24) is 4.57 Å². The van der Waals surface area contributed by atoms with Gasteiger partial charge in [0.2, 0.25) is 0 Å². The van der Waals surface area contributed by atoms with Crippen LogP contribution >= 0.6 is 22.6 Å². The highest BCUT2D eigenvalue weighted by molar-refractivity contribution is 14.1. The lowest BCUT2D eigenvalue weighted by Crippen LogP contribution is -2.32. The van der Waals surface area contributed by atoms with E-state index in [1.807, 2.05) is 28.7 Å². The molecule has 1 unspecified atom stereocenters. The van der Waals surface area contributed by atoms with Crippen LogP contribution in [0.15, 0.2) is 24.4 Å². The van der Waals surface area contributed by atoms with Crippen LogP contribution < -0.4 is 0 Å². The number of halogens is 4. The molecular weight excluding hydrogens is 408 g/mol. The van der Waals surface area contributed by atoms with Gasteiger partial charge in [-0.25, -0.2) is 13.2 Å². The molecule has 1 aliphatic carbocycles. The Hall–Kier alpha value is -1.53. The van der Waals surface area contributed by atoms with Gasteiger partial charge in [-0.3, -0.25) is 0 Å². The molecule has 3 nitrogen and oxygen atoms in total. The van der Waals surface area contributed by atoms with E-state index in [4.69, 9.17) is 5.26 Å². The lowest BCUT2D eigenvalue weighted by atomic mass is 9.91. The Kier molecular flexibility index (Phi) is 3.69.